The number of nitrogens with one attached hydrogen (secondary N) is 3. The molecule has 5 N–H and O–H groups in total. The number of rotatable bonds is 4. The minimum absolute atomic E-state index is 0.711. The predicted molar refractivity (Wildman–Crippen MR) is 125 cm³/mol. The number of aromatic nitrogens is 5. The van der Waals surface area contributed by atoms with Crippen LogP contribution in [0.5, 0.6) is 0 Å². The molecular weight excluding hydrogens is 594 g/mol. The Hall–Kier alpha value is -4.15. The average molecular weight is 611 g/mol. The van der Waals surface area contributed by atoms with E-state index >= 15 is 0 Å². The van der Waals surface area contributed by atoms with E-state index in [0.29, 0.717) is 12.2 Å². The van der Waals surface area contributed by atoms with E-state index in [2.05, 4.69) is 46.2 Å². The van der Waals surface area contributed by atoms with Gasteiger partial charge in [-0.3, -0.25) is 0 Å². The standard InChI is InChI=1S/C17H15BrN6.2C2HF3O2/c1-10-19-8-14(22-10)9-20-13-4-2-11(3-5-13)16-23-15-6-12(18)7-21-17(15)24-16;2*3-2(4,5)1(6)7/h2-8,20H,9H2,1H3,(H,19,22)(H,21,23,24);2*(H,6,7). The Kier molecular flexibility index (Phi) is 9.81. The van der Waals surface area contributed by atoms with Gasteiger partial charge in [-0.2, -0.15) is 26.3 Å². The number of alkyl halides is 6. The maximum absolute atomic E-state index is 10.6. The molecule has 0 amide bonds. The van der Waals surface area contributed by atoms with E-state index in [9.17, 15) is 26.3 Å². The lowest BCUT2D eigenvalue weighted by Gasteiger charge is -2.05. The van der Waals surface area contributed by atoms with Gasteiger partial charge in [-0.25, -0.2) is 24.5 Å². The SMILES string of the molecule is Cc1ncc(CNc2ccc(-c3nc4ncc(Br)cc4[nH]3)cc2)[nH]1.O=C(O)C(F)(F)F.O=C(O)C(F)(F)F. The molecule has 0 aliphatic rings. The van der Waals surface area contributed by atoms with Gasteiger partial charge in [-0.05, 0) is 53.2 Å². The fourth-order valence-electron chi connectivity index (χ4n) is 2.52. The summed E-state index contributed by atoms with van der Waals surface area (Å²) in [5.74, 6) is -3.78. The van der Waals surface area contributed by atoms with E-state index in [0.717, 1.165) is 38.6 Å². The smallest absolute Gasteiger partial charge is 0.475 e. The van der Waals surface area contributed by atoms with E-state index in [4.69, 9.17) is 19.8 Å². The van der Waals surface area contributed by atoms with Crippen LogP contribution in [0, 0.1) is 6.92 Å². The second kappa shape index (κ2) is 12.4. The molecule has 38 heavy (non-hydrogen) atoms. The molecule has 4 rings (SSSR count). The Labute approximate surface area is 217 Å². The molecule has 0 atom stereocenters. The first-order valence-corrected chi connectivity index (χ1v) is 10.8. The minimum Gasteiger partial charge on any atom is -0.475 e. The lowest BCUT2D eigenvalue weighted by molar-refractivity contribution is -0.193. The Morgan fingerprint density at radius 2 is 1.50 bits per heavy atom. The van der Waals surface area contributed by atoms with Gasteiger partial charge >= 0.3 is 24.3 Å². The number of aromatic amines is 2. The second-order valence-electron chi connectivity index (χ2n) is 7.14. The molecule has 204 valence electrons. The van der Waals surface area contributed by atoms with Crippen molar-refractivity contribution in [2.24, 2.45) is 0 Å². The Morgan fingerprint density at radius 1 is 0.947 bits per heavy atom. The summed E-state index contributed by atoms with van der Waals surface area (Å²) < 4.78 is 64.4. The number of anilines is 1. The van der Waals surface area contributed by atoms with E-state index < -0.39 is 24.3 Å². The normalized spacial score (nSPS) is 11.2. The highest BCUT2D eigenvalue weighted by atomic mass is 79.9. The summed E-state index contributed by atoms with van der Waals surface area (Å²) >= 11 is 3.42. The number of H-pyrrole nitrogens is 2. The molecule has 3 heterocycles. The molecule has 0 fully saturated rings. The number of aryl methyl sites for hydroxylation is 1. The summed E-state index contributed by atoms with van der Waals surface area (Å²) in [6.45, 7) is 2.65. The zero-order valence-electron chi connectivity index (χ0n) is 18.9. The fourth-order valence-corrected chi connectivity index (χ4v) is 2.85. The van der Waals surface area contributed by atoms with Gasteiger partial charge in [0.05, 0.1) is 24.0 Å². The molecule has 0 saturated heterocycles. The fraction of sp³-hybridized carbons (Fsp3) is 0.190. The second-order valence-corrected chi connectivity index (χ2v) is 8.06. The summed E-state index contributed by atoms with van der Waals surface area (Å²) in [6, 6.07) is 10.1. The molecular formula is C21H17BrF6N6O4. The predicted octanol–water partition coefficient (Wildman–Crippen LogP) is 5.30. The highest BCUT2D eigenvalue weighted by Crippen LogP contribution is 2.23. The van der Waals surface area contributed by atoms with Gasteiger partial charge in [0.1, 0.15) is 11.6 Å². The van der Waals surface area contributed by atoms with Gasteiger partial charge in [0.2, 0.25) is 0 Å². The molecule has 17 heteroatoms. The lowest BCUT2D eigenvalue weighted by atomic mass is 10.2. The van der Waals surface area contributed by atoms with E-state index in [1.54, 1.807) is 6.20 Å². The number of hydrogen-bond acceptors (Lipinski definition) is 6. The zero-order chi connectivity index (χ0) is 28.7. The van der Waals surface area contributed by atoms with Crippen LogP contribution in [0.3, 0.4) is 0 Å². The van der Waals surface area contributed by atoms with Crippen LogP contribution in [-0.4, -0.2) is 59.4 Å². The first kappa shape index (κ1) is 30.1. The molecule has 0 saturated carbocycles. The number of pyridine rings is 1. The highest BCUT2D eigenvalue weighted by molar-refractivity contribution is 9.10. The third kappa shape index (κ3) is 9.38. The number of carboxylic acids is 2. The van der Waals surface area contributed by atoms with Gasteiger partial charge in [0, 0.05) is 21.9 Å². The number of carboxylic acid groups (broad SMARTS) is 2. The minimum atomic E-state index is -5.08. The summed E-state index contributed by atoms with van der Waals surface area (Å²) in [4.78, 5) is 37.3. The average Bonchev–Trinajstić information content (AvgIpc) is 3.43. The van der Waals surface area contributed by atoms with E-state index in [1.807, 2.05) is 43.5 Å². The van der Waals surface area contributed by atoms with Crippen molar-refractivity contribution in [1.29, 1.82) is 0 Å². The quantitative estimate of drug-likeness (QED) is 0.195. The molecule has 3 aromatic heterocycles. The Balaban J connectivity index is 0.000000301. The van der Waals surface area contributed by atoms with Crippen LogP contribution in [0.15, 0.2) is 47.2 Å². The molecule has 0 aliphatic carbocycles. The van der Waals surface area contributed by atoms with Crippen molar-refractivity contribution in [3.8, 4) is 11.4 Å². The maximum Gasteiger partial charge on any atom is 0.490 e. The van der Waals surface area contributed by atoms with Gasteiger partial charge in [-0.1, -0.05) is 0 Å². The molecule has 0 radical (unpaired) electrons. The summed E-state index contributed by atoms with van der Waals surface area (Å²) in [5.41, 5.74) is 4.75. The maximum atomic E-state index is 10.6. The van der Waals surface area contributed by atoms with Gasteiger partial charge in [0.25, 0.3) is 0 Å². The summed E-state index contributed by atoms with van der Waals surface area (Å²) in [7, 11) is 0. The van der Waals surface area contributed by atoms with Crippen LogP contribution >= 0.6 is 15.9 Å². The first-order valence-electron chi connectivity index (χ1n) is 10.0. The van der Waals surface area contributed by atoms with Crippen molar-refractivity contribution in [2.45, 2.75) is 25.8 Å². The lowest BCUT2D eigenvalue weighted by Crippen LogP contribution is -2.21. The molecule has 4 aromatic rings. The Morgan fingerprint density at radius 3 is 1.97 bits per heavy atom. The molecule has 1 aromatic carbocycles. The summed E-state index contributed by atoms with van der Waals surface area (Å²) in [5, 5.41) is 17.6. The molecule has 0 aliphatic heterocycles. The number of benzene rings is 1. The monoisotopic (exact) mass is 610 g/mol. The molecule has 10 nitrogen and oxygen atoms in total. The Bertz CT molecular complexity index is 1360. The van der Waals surface area contributed by atoms with Crippen LogP contribution in [-0.2, 0) is 16.1 Å². The zero-order valence-corrected chi connectivity index (χ0v) is 20.5. The third-order valence-corrected chi connectivity index (χ3v) is 4.62. The van der Waals surface area contributed by atoms with Crippen molar-refractivity contribution in [3.05, 3.63) is 58.7 Å². The van der Waals surface area contributed by atoms with Crippen molar-refractivity contribution in [1.82, 2.24) is 24.9 Å². The van der Waals surface area contributed by atoms with Crippen LogP contribution in [0.4, 0.5) is 32.0 Å². The van der Waals surface area contributed by atoms with E-state index in [1.165, 1.54) is 0 Å². The number of carbonyl (C=O) groups is 2. The van der Waals surface area contributed by atoms with Crippen LogP contribution in [0.1, 0.15) is 11.5 Å². The number of nitrogens with zero attached hydrogens (tertiary/aromatic N) is 3. The number of aliphatic carboxylic acids is 2. The van der Waals surface area contributed by atoms with Crippen molar-refractivity contribution in [2.75, 3.05) is 5.32 Å². The number of fused-ring (bicyclic) bond motifs is 1. The third-order valence-electron chi connectivity index (χ3n) is 4.19. The van der Waals surface area contributed by atoms with Crippen LogP contribution < -0.4 is 5.32 Å². The van der Waals surface area contributed by atoms with Gasteiger partial charge < -0.3 is 25.5 Å². The molecule has 0 spiro atoms. The van der Waals surface area contributed by atoms with Crippen molar-refractivity contribution >= 4 is 44.7 Å². The van der Waals surface area contributed by atoms with Gasteiger partial charge in [-0.15, -0.1) is 0 Å². The van der Waals surface area contributed by atoms with Crippen LogP contribution in [0.25, 0.3) is 22.6 Å². The first-order chi connectivity index (χ1) is 17.6. The number of imidazole rings is 2. The van der Waals surface area contributed by atoms with Crippen molar-refractivity contribution in [3.63, 3.8) is 0 Å². The van der Waals surface area contributed by atoms with Gasteiger partial charge in [0.15, 0.2) is 5.65 Å². The largest absolute Gasteiger partial charge is 0.490 e. The van der Waals surface area contributed by atoms with Crippen LogP contribution in [0.2, 0.25) is 0 Å². The molecule has 0 bridgehead atoms. The topological polar surface area (TPSA) is 157 Å². The number of hydrogen-bond donors (Lipinski definition) is 5. The number of halogens is 7. The summed E-state index contributed by atoms with van der Waals surface area (Å²) in [6.07, 6.45) is -6.58. The van der Waals surface area contributed by atoms with Crippen molar-refractivity contribution < 1.29 is 46.1 Å². The highest BCUT2D eigenvalue weighted by Gasteiger charge is 2.38. The van der Waals surface area contributed by atoms with E-state index in [-0.39, 0.29) is 0 Å². The molecule has 0 unspecified atom stereocenters.